The van der Waals surface area contributed by atoms with Crippen molar-refractivity contribution in [2.24, 2.45) is 0 Å². The van der Waals surface area contributed by atoms with Crippen LogP contribution in [0.4, 0.5) is 10.1 Å². The van der Waals surface area contributed by atoms with E-state index < -0.39 is 10.7 Å². The lowest BCUT2D eigenvalue weighted by Crippen LogP contribution is -1.86. The highest BCUT2D eigenvalue weighted by molar-refractivity contribution is 5.28. The van der Waals surface area contributed by atoms with Crippen molar-refractivity contribution in [1.82, 2.24) is 0 Å². The van der Waals surface area contributed by atoms with Gasteiger partial charge in [-0.2, -0.15) is 0 Å². The van der Waals surface area contributed by atoms with Crippen LogP contribution in [0.2, 0.25) is 0 Å². The quantitative estimate of drug-likeness (QED) is 0.311. The first kappa shape index (κ1) is 10.9. The Bertz CT molecular complexity index is 317. The van der Waals surface area contributed by atoms with Gasteiger partial charge in [-0.25, -0.2) is 14.6 Å². The van der Waals surface area contributed by atoms with E-state index in [2.05, 4.69) is 0 Å². The van der Waals surface area contributed by atoms with Gasteiger partial charge in [-0.3, -0.25) is 10.1 Å². The molecule has 1 rings (SSSR count). The van der Waals surface area contributed by atoms with E-state index in [1.165, 1.54) is 0 Å². The first-order chi connectivity index (χ1) is 6.11. The molecule has 0 saturated carbocycles. The molecule has 0 unspecified atom stereocenters. The number of non-ortho nitro benzene ring substituents is 1. The second-order valence-corrected chi connectivity index (χ2v) is 1.84. The average molecular weight is 184 g/mol. The normalized spacial score (nSPS) is 7.77. The summed E-state index contributed by atoms with van der Waals surface area (Å²) >= 11 is 0. The minimum atomic E-state index is -0.570. The van der Waals surface area contributed by atoms with Gasteiger partial charge < -0.3 is 0 Å². The Morgan fingerprint density at radius 3 is 2.08 bits per heavy atom. The highest BCUT2D eigenvalue weighted by atomic mass is 19.1. The first-order valence-corrected chi connectivity index (χ1v) is 3.05. The molecule has 0 aliphatic carbocycles. The monoisotopic (exact) mass is 184 g/mol. The summed E-state index contributed by atoms with van der Waals surface area (Å²) in [4.78, 5) is 17.8. The number of nitro benzene ring substituents is 1. The van der Waals surface area contributed by atoms with Crippen molar-refractivity contribution in [2.45, 2.75) is 0 Å². The zero-order valence-electron chi connectivity index (χ0n) is 6.36. The number of nitrogens with zero attached hydrogens (tertiary/aromatic N) is 1. The lowest BCUT2D eigenvalue weighted by Gasteiger charge is -1.87. The third-order valence-corrected chi connectivity index (χ3v) is 1.04. The summed E-state index contributed by atoms with van der Waals surface area (Å²) < 4.78 is 12.1. The SMILES string of the molecule is N=C=O.O=[N+]([O-])c1ccc(F)cc1. The molecule has 13 heavy (non-hydrogen) atoms. The molecule has 1 aromatic carbocycles. The maximum Gasteiger partial charge on any atom is 0.269 e. The number of isocyanates is 1. The maximum atomic E-state index is 12.1. The number of nitrogens with one attached hydrogen (secondary N) is 1. The number of benzene rings is 1. The predicted molar refractivity (Wildman–Crippen MR) is 41.5 cm³/mol. The number of hydrogen-bond donors (Lipinski definition) is 1. The molecule has 0 spiro atoms. The van der Waals surface area contributed by atoms with Crippen LogP contribution in [0.1, 0.15) is 0 Å². The van der Waals surface area contributed by atoms with Crippen LogP contribution in [0.15, 0.2) is 24.3 Å². The highest BCUT2D eigenvalue weighted by Gasteiger charge is 2.01. The van der Waals surface area contributed by atoms with Gasteiger partial charge in [-0.05, 0) is 12.1 Å². The van der Waals surface area contributed by atoms with E-state index in [4.69, 9.17) is 10.2 Å². The lowest BCUT2D eigenvalue weighted by molar-refractivity contribution is -0.384. The Hall–Kier alpha value is -2.07. The van der Waals surface area contributed by atoms with Crippen LogP contribution in [0.25, 0.3) is 0 Å². The van der Waals surface area contributed by atoms with Crippen LogP contribution in [-0.2, 0) is 4.79 Å². The maximum absolute atomic E-state index is 12.1. The fraction of sp³-hybridized carbons (Fsp3) is 0. The smallest absolute Gasteiger partial charge is 0.258 e. The Morgan fingerprint density at radius 2 is 1.77 bits per heavy atom. The number of halogens is 1. The third kappa shape index (κ3) is 4.39. The molecule has 68 valence electrons. The summed E-state index contributed by atoms with van der Waals surface area (Å²) in [7, 11) is 0. The van der Waals surface area contributed by atoms with Crippen LogP contribution in [0.5, 0.6) is 0 Å². The second kappa shape index (κ2) is 5.56. The summed E-state index contributed by atoms with van der Waals surface area (Å²) in [5, 5.41) is 15.4. The van der Waals surface area contributed by atoms with Crippen LogP contribution >= 0.6 is 0 Å². The molecule has 0 aliphatic rings. The van der Waals surface area contributed by atoms with E-state index in [0.717, 1.165) is 30.3 Å². The molecular weight excluding hydrogens is 179 g/mol. The first-order valence-electron chi connectivity index (χ1n) is 3.05. The fourth-order valence-corrected chi connectivity index (χ4v) is 0.563. The fourth-order valence-electron chi connectivity index (χ4n) is 0.563. The molecule has 0 aromatic heterocycles. The Morgan fingerprint density at radius 1 is 1.38 bits per heavy atom. The minimum absolute atomic E-state index is 0.0959. The molecule has 5 nitrogen and oxygen atoms in total. The largest absolute Gasteiger partial charge is 0.269 e. The van der Waals surface area contributed by atoms with Crippen LogP contribution in [-0.4, -0.2) is 11.0 Å². The molecule has 0 fully saturated rings. The molecule has 0 saturated heterocycles. The average Bonchev–Trinajstić information content (AvgIpc) is 2.06. The van der Waals surface area contributed by atoms with Crippen molar-refractivity contribution < 1.29 is 14.1 Å². The van der Waals surface area contributed by atoms with Gasteiger partial charge in [0.05, 0.1) is 4.92 Å². The van der Waals surface area contributed by atoms with Crippen molar-refractivity contribution in [1.29, 1.82) is 5.41 Å². The topological polar surface area (TPSA) is 84.1 Å². The molecular formula is C7H5FN2O3. The molecule has 1 N–H and O–H groups in total. The molecule has 0 bridgehead atoms. The van der Waals surface area contributed by atoms with Gasteiger partial charge in [0.15, 0.2) is 0 Å². The van der Waals surface area contributed by atoms with Crippen LogP contribution in [0.3, 0.4) is 0 Å². The van der Waals surface area contributed by atoms with Crippen molar-refractivity contribution >= 4 is 11.8 Å². The zero-order valence-corrected chi connectivity index (χ0v) is 6.36. The number of nitro groups is 1. The Balaban J connectivity index is 0.000000424. The number of carbonyl (C=O) groups excluding carboxylic acids is 1. The molecule has 0 aliphatic heterocycles. The van der Waals surface area contributed by atoms with Gasteiger partial charge in [-0.1, -0.05) is 0 Å². The number of rotatable bonds is 1. The third-order valence-electron chi connectivity index (χ3n) is 1.04. The van der Waals surface area contributed by atoms with Crippen LogP contribution in [0, 0.1) is 21.3 Å². The van der Waals surface area contributed by atoms with Crippen molar-refractivity contribution in [3.8, 4) is 0 Å². The van der Waals surface area contributed by atoms with E-state index in [9.17, 15) is 14.5 Å². The molecule has 1 aromatic rings. The molecule has 0 heterocycles. The summed E-state index contributed by atoms with van der Waals surface area (Å²) in [6.07, 6.45) is 0.750. The molecule has 6 heteroatoms. The summed E-state index contributed by atoms with van der Waals surface area (Å²) in [5.41, 5.74) is -0.0959. The zero-order chi connectivity index (χ0) is 10.3. The van der Waals surface area contributed by atoms with Gasteiger partial charge >= 0.3 is 0 Å². The van der Waals surface area contributed by atoms with Gasteiger partial charge in [-0.15, -0.1) is 0 Å². The van der Waals surface area contributed by atoms with E-state index in [-0.39, 0.29) is 5.69 Å². The molecule has 0 radical (unpaired) electrons. The van der Waals surface area contributed by atoms with Crippen molar-refractivity contribution in [3.05, 3.63) is 40.2 Å². The standard InChI is InChI=1S/C6H4FNO2.CHNO/c7-5-1-3-6(4-2-5)8(9)10;2-1-3/h1-4H;2H. The van der Waals surface area contributed by atoms with E-state index in [0.29, 0.717) is 0 Å². The summed E-state index contributed by atoms with van der Waals surface area (Å²) in [6, 6.07) is 4.35. The number of hydrogen-bond acceptors (Lipinski definition) is 4. The van der Waals surface area contributed by atoms with E-state index in [1.807, 2.05) is 0 Å². The second-order valence-electron chi connectivity index (χ2n) is 1.84. The van der Waals surface area contributed by atoms with Gasteiger partial charge in [0.1, 0.15) is 5.82 Å². The minimum Gasteiger partial charge on any atom is -0.258 e. The van der Waals surface area contributed by atoms with Crippen LogP contribution < -0.4 is 0 Å². The molecule has 0 atom stereocenters. The van der Waals surface area contributed by atoms with E-state index >= 15 is 0 Å². The van der Waals surface area contributed by atoms with Crippen molar-refractivity contribution in [2.75, 3.05) is 0 Å². The lowest BCUT2D eigenvalue weighted by atomic mass is 10.3. The van der Waals surface area contributed by atoms with Gasteiger partial charge in [0, 0.05) is 12.1 Å². The predicted octanol–water partition coefficient (Wildman–Crippen LogP) is 1.63. The van der Waals surface area contributed by atoms with Crippen molar-refractivity contribution in [3.63, 3.8) is 0 Å². The highest BCUT2D eigenvalue weighted by Crippen LogP contribution is 2.09. The van der Waals surface area contributed by atoms with Gasteiger partial charge in [0.2, 0.25) is 6.08 Å². The Labute approximate surface area is 72.5 Å². The van der Waals surface area contributed by atoms with Gasteiger partial charge in [0.25, 0.3) is 5.69 Å². The molecule has 0 amide bonds. The summed E-state index contributed by atoms with van der Waals surface area (Å²) in [5.74, 6) is -0.467. The Kier molecular flexibility index (Phi) is 4.68. The van der Waals surface area contributed by atoms with E-state index in [1.54, 1.807) is 0 Å². The summed E-state index contributed by atoms with van der Waals surface area (Å²) in [6.45, 7) is 0.